The van der Waals surface area contributed by atoms with Crippen LogP contribution in [0.2, 0.25) is 0 Å². The van der Waals surface area contributed by atoms with Gasteiger partial charge in [-0.1, -0.05) is 122 Å². The first-order chi connectivity index (χ1) is 16.7. The molecule has 0 amide bonds. The van der Waals surface area contributed by atoms with E-state index in [4.69, 9.17) is 0 Å². The highest BCUT2D eigenvalue weighted by atomic mass is 19.1. The first kappa shape index (κ1) is 26.8. The van der Waals surface area contributed by atoms with Gasteiger partial charge in [-0.3, -0.25) is 0 Å². The van der Waals surface area contributed by atoms with Crippen LogP contribution in [0.15, 0.2) is 30.5 Å². The van der Waals surface area contributed by atoms with E-state index >= 15 is 0 Å². The molecule has 1 saturated carbocycles. The molecule has 1 aliphatic rings. The van der Waals surface area contributed by atoms with Gasteiger partial charge in [-0.05, 0) is 42.2 Å². The van der Waals surface area contributed by atoms with E-state index in [-0.39, 0.29) is 5.95 Å². The van der Waals surface area contributed by atoms with Crippen molar-refractivity contribution in [2.45, 2.75) is 123 Å². The summed E-state index contributed by atoms with van der Waals surface area (Å²) in [4.78, 5) is 8.63. The summed E-state index contributed by atoms with van der Waals surface area (Å²) in [7, 11) is 0. The molecular weight excluding hydrogens is 419 g/mol. The van der Waals surface area contributed by atoms with Crippen LogP contribution in [0.5, 0.6) is 0 Å². The zero-order chi connectivity index (χ0) is 24.0. The van der Waals surface area contributed by atoms with Gasteiger partial charge in [0, 0.05) is 12.6 Å². The van der Waals surface area contributed by atoms with E-state index in [0.29, 0.717) is 11.4 Å². The Bertz CT molecular complexity index is 809. The highest BCUT2D eigenvalue weighted by Crippen LogP contribution is 2.34. The molecule has 0 saturated heterocycles. The average Bonchev–Trinajstić information content (AvgIpc) is 2.86. The van der Waals surface area contributed by atoms with Crippen LogP contribution in [0.3, 0.4) is 0 Å². The van der Waals surface area contributed by atoms with Crippen LogP contribution in [0.25, 0.3) is 11.1 Å². The lowest BCUT2D eigenvalue weighted by atomic mass is 9.78. The fraction of sp³-hybridized carbons (Fsp3) is 0.677. The summed E-state index contributed by atoms with van der Waals surface area (Å²) < 4.78 is 14.7. The molecule has 0 unspecified atom stereocenters. The van der Waals surface area contributed by atoms with E-state index in [1.807, 2.05) is 12.1 Å². The van der Waals surface area contributed by atoms with Gasteiger partial charge in [-0.15, -0.1) is 0 Å². The van der Waals surface area contributed by atoms with Crippen molar-refractivity contribution >= 4 is 0 Å². The normalized spacial score (nSPS) is 18.3. The van der Waals surface area contributed by atoms with Gasteiger partial charge in [-0.25, -0.2) is 9.97 Å². The Morgan fingerprint density at radius 3 is 1.97 bits per heavy atom. The number of halogens is 1. The van der Waals surface area contributed by atoms with Crippen molar-refractivity contribution < 1.29 is 4.39 Å². The molecule has 0 N–H and O–H groups in total. The van der Waals surface area contributed by atoms with Crippen LogP contribution in [0, 0.1) is 17.8 Å². The predicted molar refractivity (Wildman–Crippen MR) is 142 cm³/mol. The van der Waals surface area contributed by atoms with Gasteiger partial charge in [0.2, 0.25) is 5.95 Å². The Morgan fingerprint density at radius 1 is 0.735 bits per heavy atom. The third-order valence-electron chi connectivity index (χ3n) is 7.82. The van der Waals surface area contributed by atoms with Crippen molar-refractivity contribution in [3.05, 3.63) is 47.8 Å². The standard InChI is InChI=1S/C31H47FN2/c1-3-5-6-7-8-9-10-11-13-30-33-24-29(31(32)34-30)28-22-20-27(21-23-28)19-18-26-16-14-25(12-4-2)15-17-26/h20-26H,3-19H2,1-2H3/t25-,26-. The van der Waals surface area contributed by atoms with Gasteiger partial charge < -0.3 is 0 Å². The second-order valence-electron chi connectivity index (χ2n) is 10.6. The molecule has 0 atom stereocenters. The molecule has 188 valence electrons. The fourth-order valence-electron chi connectivity index (χ4n) is 5.56. The number of aryl methyl sites for hydroxylation is 2. The number of aromatic nitrogens is 2. The van der Waals surface area contributed by atoms with Gasteiger partial charge in [-0.2, -0.15) is 4.39 Å². The minimum Gasteiger partial charge on any atom is -0.241 e. The summed E-state index contributed by atoms with van der Waals surface area (Å²) in [5, 5.41) is 0. The third kappa shape index (κ3) is 9.12. The summed E-state index contributed by atoms with van der Waals surface area (Å²) in [5.74, 6) is 2.11. The molecule has 1 heterocycles. The molecule has 2 nitrogen and oxygen atoms in total. The van der Waals surface area contributed by atoms with Crippen molar-refractivity contribution in [2.24, 2.45) is 11.8 Å². The van der Waals surface area contributed by atoms with Gasteiger partial charge in [0.05, 0.1) is 5.56 Å². The third-order valence-corrected chi connectivity index (χ3v) is 7.82. The lowest BCUT2D eigenvalue weighted by Gasteiger charge is -2.28. The van der Waals surface area contributed by atoms with Crippen molar-refractivity contribution in [2.75, 3.05) is 0 Å². The summed E-state index contributed by atoms with van der Waals surface area (Å²) in [6.07, 6.45) is 23.4. The van der Waals surface area contributed by atoms with E-state index < -0.39 is 0 Å². The molecule has 1 aliphatic carbocycles. The van der Waals surface area contributed by atoms with Gasteiger partial charge >= 0.3 is 0 Å². The van der Waals surface area contributed by atoms with Crippen LogP contribution in [0.1, 0.15) is 122 Å². The molecule has 0 spiro atoms. The highest BCUT2D eigenvalue weighted by Gasteiger charge is 2.20. The van der Waals surface area contributed by atoms with E-state index in [2.05, 4.69) is 35.9 Å². The Labute approximate surface area is 208 Å². The SMILES string of the molecule is CCCCCCCCCCc1ncc(-c2ccc(CC[C@H]3CC[C@H](CCC)CC3)cc2)c(F)n1. The zero-order valence-corrected chi connectivity index (χ0v) is 21.8. The monoisotopic (exact) mass is 466 g/mol. The number of benzene rings is 1. The smallest absolute Gasteiger partial charge is 0.224 e. The Kier molecular flexibility index (Phi) is 12.1. The lowest BCUT2D eigenvalue weighted by Crippen LogP contribution is -2.15. The van der Waals surface area contributed by atoms with E-state index in [0.717, 1.165) is 36.7 Å². The van der Waals surface area contributed by atoms with Crippen molar-refractivity contribution in [1.29, 1.82) is 0 Å². The maximum atomic E-state index is 14.7. The van der Waals surface area contributed by atoms with Crippen molar-refractivity contribution in [1.82, 2.24) is 9.97 Å². The molecule has 3 rings (SSSR count). The largest absolute Gasteiger partial charge is 0.241 e. The molecule has 1 fully saturated rings. The van der Waals surface area contributed by atoms with Crippen LogP contribution in [-0.4, -0.2) is 9.97 Å². The maximum Gasteiger partial charge on any atom is 0.224 e. The summed E-state index contributed by atoms with van der Waals surface area (Å²) in [6, 6.07) is 8.39. The van der Waals surface area contributed by atoms with E-state index in [1.54, 1.807) is 6.20 Å². The van der Waals surface area contributed by atoms with Gasteiger partial charge in [0.25, 0.3) is 0 Å². The molecule has 0 bridgehead atoms. The van der Waals surface area contributed by atoms with Crippen LogP contribution in [-0.2, 0) is 12.8 Å². The number of unbranched alkanes of at least 4 members (excludes halogenated alkanes) is 7. The minimum atomic E-state index is -0.388. The second-order valence-corrected chi connectivity index (χ2v) is 10.6. The fourth-order valence-corrected chi connectivity index (χ4v) is 5.56. The average molecular weight is 467 g/mol. The number of hydrogen-bond donors (Lipinski definition) is 0. The lowest BCUT2D eigenvalue weighted by molar-refractivity contribution is 0.252. The number of hydrogen-bond acceptors (Lipinski definition) is 2. The van der Waals surface area contributed by atoms with Crippen LogP contribution < -0.4 is 0 Å². The quantitative estimate of drug-likeness (QED) is 0.193. The Hall–Kier alpha value is -1.77. The number of nitrogens with zero attached hydrogens (tertiary/aromatic N) is 2. The second kappa shape index (κ2) is 15.3. The highest BCUT2D eigenvalue weighted by molar-refractivity contribution is 5.62. The van der Waals surface area contributed by atoms with Crippen molar-refractivity contribution in [3.63, 3.8) is 0 Å². The van der Waals surface area contributed by atoms with Crippen LogP contribution in [0.4, 0.5) is 4.39 Å². The van der Waals surface area contributed by atoms with Gasteiger partial charge in [0.15, 0.2) is 0 Å². The molecule has 3 heteroatoms. The number of rotatable bonds is 15. The first-order valence-electron chi connectivity index (χ1n) is 14.3. The summed E-state index contributed by atoms with van der Waals surface area (Å²) in [6.45, 7) is 4.56. The van der Waals surface area contributed by atoms with E-state index in [1.165, 1.54) is 95.5 Å². The first-order valence-corrected chi connectivity index (χ1v) is 14.3. The minimum absolute atomic E-state index is 0.388. The zero-order valence-electron chi connectivity index (χ0n) is 21.8. The molecule has 1 aromatic heterocycles. The Morgan fingerprint density at radius 2 is 1.35 bits per heavy atom. The molecule has 1 aromatic carbocycles. The molecular formula is C31H47FN2. The maximum absolute atomic E-state index is 14.7. The van der Waals surface area contributed by atoms with E-state index in [9.17, 15) is 4.39 Å². The van der Waals surface area contributed by atoms with Gasteiger partial charge in [0.1, 0.15) is 5.82 Å². The predicted octanol–water partition coefficient (Wildman–Crippen LogP) is 9.50. The van der Waals surface area contributed by atoms with Crippen molar-refractivity contribution in [3.8, 4) is 11.1 Å². The molecule has 0 aliphatic heterocycles. The summed E-state index contributed by atoms with van der Waals surface area (Å²) >= 11 is 0. The summed E-state index contributed by atoms with van der Waals surface area (Å²) in [5.41, 5.74) is 2.74. The van der Waals surface area contributed by atoms with Crippen LogP contribution >= 0.6 is 0 Å². The molecule has 2 aromatic rings. The molecule has 0 radical (unpaired) electrons. The topological polar surface area (TPSA) is 25.8 Å². The Balaban J connectivity index is 1.40. The molecule has 34 heavy (non-hydrogen) atoms.